The number of carbonyl (C=O) groups excluding carboxylic acids is 2. The molecular formula is C11H12F3NO3S. The number of amides is 1. The smallest absolute Gasteiger partial charge is 0.382 e. The number of likely N-dealkylation sites (N-methyl/N-ethyl adjacent to an activating group) is 1. The van der Waals surface area contributed by atoms with E-state index in [1.807, 2.05) is 0 Å². The summed E-state index contributed by atoms with van der Waals surface area (Å²) in [5.74, 6) is -0.894. The molecule has 1 N–H and O–H groups in total. The number of alkyl halides is 3. The van der Waals surface area contributed by atoms with Gasteiger partial charge in [0.15, 0.2) is 11.9 Å². The van der Waals surface area contributed by atoms with Gasteiger partial charge in [-0.15, -0.1) is 11.3 Å². The molecule has 1 rings (SSSR count). The van der Waals surface area contributed by atoms with Gasteiger partial charge in [-0.25, -0.2) is 0 Å². The van der Waals surface area contributed by atoms with Crippen LogP contribution in [0.4, 0.5) is 13.2 Å². The van der Waals surface area contributed by atoms with Crippen LogP contribution in [0.2, 0.25) is 0 Å². The largest absolute Gasteiger partial charge is 0.416 e. The van der Waals surface area contributed by atoms with E-state index in [0.29, 0.717) is 5.56 Å². The van der Waals surface area contributed by atoms with E-state index in [4.69, 9.17) is 5.11 Å². The molecule has 0 fully saturated rings. The van der Waals surface area contributed by atoms with Crippen molar-refractivity contribution >= 4 is 23.0 Å². The first-order valence-corrected chi connectivity index (χ1v) is 6.10. The molecule has 0 saturated heterocycles. The first-order chi connectivity index (χ1) is 8.62. The zero-order chi connectivity index (χ0) is 14.8. The molecule has 0 unspecified atom stereocenters. The minimum Gasteiger partial charge on any atom is -0.382 e. The second kappa shape index (κ2) is 5.70. The molecule has 0 bridgehead atoms. The molecule has 106 valence electrons. The van der Waals surface area contributed by atoms with E-state index in [2.05, 4.69) is 0 Å². The van der Waals surface area contributed by atoms with Crippen molar-refractivity contribution in [2.24, 2.45) is 0 Å². The molecule has 0 aliphatic rings. The number of hydrogen-bond donors (Lipinski definition) is 1. The third-order valence-corrected chi connectivity index (χ3v) is 3.31. The number of thiophene rings is 1. The lowest BCUT2D eigenvalue weighted by Gasteiger charge is -2.21. The van der Waals surface area contributed by atoms with Crippen LogP contribution in [0.1, 0.15) is 27.0 Å². The van der Waals surface area contributed by atoms with Crippen molar-refractivity contribution in [2.45, 2.75) is 19.2 Å². The van der Waals surface area contributed by atoms with Gasteiger partial charge < -0.3 is 10.0 Å². The Hall–Kier alpha value is -1.41. The summed E-state index contributed by atoms with van der Waals surface area (Å²) < 4.78 is 36.5. The molecule has 0 radical (unpaired) electrons. The number of carbonyl (C=O) groups is 2. The molecule has 0 aliphatic heterocycles. The Balaban J connectivity index is 2.74. The summed E-state index contributed by atoms with van der Waals surface area (Å²) in [4.78, 5) is 23.8. The molecule has 0 spiro atoms. The molecule has 1 heterocycles. The number of rotatable bonds is 4. The third-order valence-electron chi connectivity index (χ3n) is 2.39. The summed E-state index contributed by atoms with van der Waals surface area (Å²) in [7, 11) is 1.16. The number of nitrogens with zero attached hydrogens (tertiary/aromatic N) is 1. The van der Waals surface area contributed by atoms with Crippen LogP contribution in [0.5, 0.6) is 0 Å². The normalized spacial score (nSPS) is 13.2. The lowest BCUT2D eigenvalue weighted by Crippen LogP contribution is -2.41. The molecule has 0 aliphatic carbocycles. The molecule has 1 aromatic heterocycles. The van der Waals surface area contributed by atoms with Crippen molar-refractivity contribution in [1.82, 2.24) is 4.90 Å². The van der Waals surface area contributed by atoms with E-state index in [1.54, 1.807) is 0 Å². The van der Waals surface area contributed by atoms with Gasteiger partial charge in [0.2, 0.25) is 0 Å². The van der Waals surface area contributed by atoms with Crippen LogP contribution in [0.15, 0.2) is 11.4 Å². The van der Waals surface area contributed by atoms with Crippen molar-refractivity contribution in [3.8, 4) is 0 Å². The van der Waals surface area contributed by atoms with Gasteiger partial charge in [0.1, 0.15) is 0 Å². The van der Waals surface area contributed by atoms with Crippen LogP contribution in [0, 0.1) is 0 Å². The summed E-state index contributed by atoms with van der Waals surface area (Å²) in [5, 5.41) is 10.3. The number of Topliss-reactive ketones (excluding diaryl/α,β-unsaturated/α-hetero) is 1. The van der Waals surface area contributed by atoms with E-state index in [-0.39, 0.29) is 10.7 Å². The fourth-order valence-corrected chi connectivity index (χ4v) is 2.21. The topological polar surface area (TPSA) is 57.6 Å². The zero-order valence-electron chi connectivity index (χ0n) is 10.2. The van der Waals surface area contributed by atoms with Gasteiger partial charge in [-0.3, -0.25) is 9.59 Å². The summed E-state index contributed by atoms with van der Waals surface area (Å²) in [6, 6.07) is 1.33. The molecule has 0 saturated carbocycles. The maximum atomic E-state index is 12.2. The molecular weight excluding hydrogens is 283 g/mol. The number of aliphatic hydroxyl groups excluding tert-OH is 1. The Morgan fingerprint density at radius 3 is 2.47 bits per heavy atom. The van der Waals surface area contributed by atoms with Crippen molar-refractivity contribution in [3.63, 3.8) is 0 Å². The Labute approximate surface area is 111 Å². The van der Waals surface area contributed by atoms with Crippen molar-refractivity contribution in [1.29, 1.82) is 0 Å². The Morgan fingerprint density at radius 1 is 1.47 bits per heavy atom. The van der Waals surface area contributed by atoms with E-state index in [0.717, 1.165) is 23.3 Å². The zero-order valence-corrected chi connectivity index (χ0v) is 11.0. The van der Waals surface area contributed by atoms with Crippen LogP contribution < -0.4 is 0 Å². The van der Waals surface area contributed by atoms with Gasteiger partial charge >= 0.3 is 6.18 Å². The fraction of sp³-hybridized carbons (Fsp3) is 0.455. The quantitative estimate of drug-likeness (QED) is 0.864. The highest BCUT2D eigenvalue weighted by Gasteiger charge is 2.39. The minimum absolute atomic E-state index is 0.155. The SMILES string of the molecule is CC(=O)c1csc(C(=O)N(C)C[C@H](O)C(F)(F)F)c1. The van der Waals surface area contributed by atoms with Crippen molar-refractivity contribution in [2.75, 3.05) is 13.6 Å². The number of ketones is 1. The van der Waals surface area contributed by atoms with Crippen molar-refractivity contribution in [3.05, 3.63) is 21.9 Å². The first-order valence-electron chi connectivity index (χ1n) is 5.22. The van der Waals surface area contributed by atoms with Crippen LogP contribution >= 0.6 is 11.3 Å². The van der Waals surface area contributed by atoms with Crippen molar-refractivity contribution < 1.29 is 27.9 Å². The Kier molecular flexibility index (Phi) is 4.70. The second-order valence-electron chi connectivity index (χ2n) is 4.00. The average molecular weight is 295 g/mol. The highest BCUT2D eigenvalue weighted by atomic mass is 32.1. The molecule has 1 aromatic rings. The maximum Gasteiger partial charge on any atom is 0.416 e. The van der Waals surface area contributed by atoms with Gasteiger partial charge in [0, 0.05) is 18.0 Å². The summed E-state index contributed by atoms with van der Waals surface area (Å²) in [6.07, 6.45) is -7.36. The lowest BCUT2D eigenvalue weighted by atomic mass is 10.2. The number of aliphatic hydroxyl groups is 1. The number of hydrogen-bond acceptors (Lipinski definition) is 4. The summed E-state index contributed by atoms with van der Waals surface area (Å²) >= 11 is 0.974. The highest BCUT2D eigenvalue weighted by molar-refractivity contribution is 7.12. The average Bonchev–Trinajstić information content (AvgIpc) is 2.75. The lowest BCUT2D eigenvalue weighted by molar-refractivity contribution is -0.205. The van der Waals surface area contributed by atoms with Crippen LogP contribution in [-0.4, -0.2) is 47.6 Å². The van der Waals surface area contributed by atoms with Gasteiger partial charge in [-0.2, -0.15) is 13.2 Å². The van der Waals surface area contributed by atoms with E-state index in [1.165, 1.54) is 18.4 Å². The van der Waals surface area contributed by atoms with Crippen LogP contribution in [0.25, 0.3) is 0 Å². The van der Waals surface area contributed by atoms with E-state index >= 15 is 0 Å². The summed E-state index contributed by atoms with van der Waals surface area (Å²) in [6.45, 7) is 0.475. The molecule has 0 aromatic carbocycles. The standard InChI is InChI=1S/C11H12F3NO3S/c1-6(16)7-3-8(19-5-7)10(18)15(2)4-9(17)11(12,13)14/h3,5,9,17H,4H2,1-2H3/t9-/m0/s1. The molecule has 1 amide bonds. The Morgan fingerprint density at radius 2 is 2.05 bits per heavy atom. The molecule has 4 nitrogen and oxygen atoms in total. The van der Waals surface area contributed by atoms with Gasteiger partial charge in [-0.05, 0) is 13.0 Å². The predicted octanol–water partition coefficient (Wildman–Crippen LogP) is 1.95. The predicted molar refractivity (Wildman–Crippen MR) is 63.3 cm³/mol. The highest BCUT2D eigenvalue weighted by Crippen LogP contribution is 2.22. The van der Waals surface area contributed by atoms with Crippen LogP contribution in [0.3, 0.4) is 0 Å². The minimum atomic E-state index is -4.77. The molecule has 8 heteroatoms. The first kappa shape index (κ1) is 15.6. The Bertz CT molecular complexity index is 484. The third kappa shape index (κ3) is 4.03. The van der Waals surface area contributed by atoms with Gasteiger partial charge in [-0.1, -0.05) is 0 Å². The molecule has 19 heavy (non-hydrogen) atoms. The van der Waals surface area contributed by atoms with Gasteiger partial charge in [0.25, 0.3) is 5.91 Å². The number of halogens is 3. The second-order valence-corrected chi connectivity index (χ2v) is 4.91. The monoisotopic (exact) mass is 295 g/mol. The van der Waals surface area contributed by atoms with E-state index in [9.17, 15) is 22.8 Å². The van der Waals surface area contributed by atoms with Crippen LogP contribution in [-0.2, 0) is 0 Å². The van der Waals surface area contributed by atoms with Gasteiger partial charge in [0.05, 0.1) is 11.4 Å². The summed E-state index contributed by atoms with van der Waals surface area (Å²) in [5.41, 5.74) is 0.332. The fourth-order valence-electron chi connectivity index (χ4n) is 1.27. The van der Waals surface area contributed by atoms with E-state index < -0.39 is 24.7 Å². The molecule has 1 atom stereocenters. The maximum absolute atomic E-state index is 12.2.